The van der Waals surface area contributed by atoms with Crippen LogP contribution in [0, 0.1) is 0 Å². The van der Waals surface area contributed by atoms with E-state index in [4.69, 9.17) is 10.5 Å². The van der Waals surface area contributed by atoms with E-state index >= 15 is 0 Å². The van der Waals surface area contributed by atoms with Crippen LogP contribution < -0.4 is 11.1 Å². The second-order valence-electron chi connectivity index (χ2n) is 7.12. The number of nitrogens with zero attached hydrogens (tertiary/aromatic N) is 2. The zero-order valence-electron chi connectivity index (χ0n) is 16.1. The fourth-order valence-corrected chi connectivity index (χ4v) is 2.94. The van der Waals surface area contributed by atoms with Gasteiger partial charge in [-0.15, -0.1) is 0 Å². The fraction of sp³-hybridized carbons (Fsp3) is 0.529. The molecule has 8 nitrogen and oxygen atoms in total. The first-order chi connectivity index (χ1) is 11.8. The molecule has 0 saturated heterocycles. The van der Waals surface area contributed by atoms with Crippen molar-refractivity contribution in [2.24, 2.45) is 0 Å². The number of sulfonamides is 1. The molecule has 0 radical (unpaired) electrons. The number of rotatable bonds is 6. The Balaban J connectivity index is 2.77. The SMILES string of the molecule is C[C@@H](C/C=C/c1cnc(N)c(S(=O)(=O)N(C)C)c1)NC(=O)OC(C)(C)C. The molecule has 1 aromatic heterocycles. The highest BCUT2D eigenvalue weighted by atomic mass is 32.2. The van der Waals surface area contributed by atoms with E-state index in [0.29, 0.717) is 12.0 Å². The highest BCUT2D eigenvalue weighted by Gasteiger charge is 2.21. The normalized spacial score (nSPS) is 13.8. The Morgan fingerprint density at radius 1 is 1.42 bits per heavy atom. The maximum Gasteiger partial charge on any atom is 0.407 e. The molecule has 0 fully saturated rings. The minimum Gasteiger partial charge on any atom is -0.444 e. The highest BCUT2D eigenvalue weighted by Crippen LogP contribution is 2.20. The van der Waals surface area contributed by atoms with E-state index in [0.717, 1.165) is 4.31 Å². The van der Waals surface area contributed by atoms with Crippen LogP contribution in [0.15, 0.2) is 23.2 Å². The van der Waals surface area contributed by atoms with Crippen molar-refractivity contribution in [2.45, 2.75) is 50.7 Å². The van der Waals surface area contributed by atoms with Crippen molar-refractivity contribution < 1.29 is 17.9 Å². The van der Waals surface area contributed by atoms with Gasteiger partial charge >= 0.3 is 6.09 Å². The quantitative estimate of drug-likeness (QED) is 0.777. The van der Waals surface area contributed by atoms with Gasteiger partial charge in [-0.2, -0.15) is 0 Å². The number of carbonyl (C=O) groups is 1. The Labute approximate surface area is 155 Å². The standard InChI is InChI=1S/C17H28N4O4S/c1-12(20-16(22)25-17(2,3)4)8-7-9-13-10-14(15(18)19-11-13)26(23,24)21(5)6/h7,9-12H,8H2,1-6H3,(H2,18,19)(H,20,22)/b9-7+/t12-/m0/s1. The van der Waals surface area contributed by atoms with E-state index in [9.17, 15) is 13.2 Å². The molecule has 9 heteroatoms. The zero-order valence-corrected chi connectivity index (χ0v) is 16.9. The van der Waals surface area contributed by atoms with Crippen molar-refractivity contribution in [3.63, 3.8) is 0 Å². The summed E-state index contributed by atoms with van der Waals surface area (Å²) < 4.78 is 30.8. The number of nitrogens with one attached hydrogen (secondary N) is 1. The van der Waals surface area contributed by atoms with E-state index in [1.165, 1.54) is 26.4 Å². The Kier molecular flexibility index (Phi) is 7.16. The summed E-state index contributed by atoms with van der Waals surface area (Å²) in [7, 11) is -0.803. The van der Waals surface area contributed by atoms with Crippen LogP contribution in [-0.4, -0.2) is 49.5 Å². The minimum absolute atomic E-state index is 0.0374. The lowest BCUT2D eigenvalue weighted by Gasteiger charge is -2.21. The molecule has 1 amide bonds. The average Bonchev–Trinajstić information content (AvgIpc) is 2.46. The molecule has 0 aromatic carbocycles. The third-order valence-corrected chi connectivity index (χ3v) is 5.07. The van der Waals surface area contributed by atoms with Crippen LogP contribution >= 0.6 is 0 Å². The van der Waals surface area contributed by atoms with Crippen molar-refractivity contribution in [2.75, 3.05) is 19.8 Å². The number of pyridine rings is 1. The monoisotopic (exact) mass is 384 g/mol. The summed E-state index contributed by atoms with van der Waals surface area (Å²) in [5.41, 5.74) is 5.74. The molecule has 3 N–H and O–H groups in total. The van der Waals surface area contributed by atoms with Crippen LogP contribution in [0.25, 0.3) is 6.08 Å². The summed E-state index contributed by atoms with van der Waals surface area (Å²) in [6.45, 7) is 7.23. The summed E-state index contributed by atoms with van der Waals surface area (Å²) in [4.78, 5) is 15.6. The van der Waals surface area contributed by atoms with Crippen LogP contribution in [0.5, 0.6) is 0 Å². The van der Waals surface area contributed by atoms with E-state index in [1.54, 1.807) is 26.8 Å². The summed E-state index contributed by atoms with van der Waals surface area (Å²) in [5.74, 6) is -0.0455. The summed E-state index contributed by atoms with van der Waals surface area (Å²) in [6, 6.07) is 1.33. The van der Waals surface area contributed by atoms with Gasteiger partial charge in [-0.25, -0.2) is 22.5 Å². The van der Waals surface area contributed by atoms with Gasteiger partial charge in [0.05, 0.1) is 0 Å². The van der Waals surface area contributed by atoms with Crippen molar-refractivity contribution in [1.29, 1.82) is 0 Å². The number of ether oxygens (including phenoxy) is 1. The van der Waals surface area contributed by atoms with E-state index in [1.807, 2.05) is 13.0 Å². The van der Waals surface area contributed by atoms with Gasteiger partial charge in [0.25, 0.3) is 0 Å². The van der Waals surface area contributed by atoms with Gasteiger partial charge in [-0.1, -0.05) is 12.2 Å². The van der Waals surface area contributed by atoms with Gasteiger partial charge in [0, 0.05) is 26.3 Å². The van der Waals surface area contributed by atoms with E-state index in [-0.39, 0.29) is 16.8 Å². The Bertz CT molecular complexity index is 767. The van der Waals surface area contributed by atoms with Gasteiger partial charge in [0.2, 0.25) is 10.0 Å². The average molecular weight is 385 g/mol. The lowest BCUT2D eigenvalue weighted by molar-refractivity contribution is 0.0509. The number of carbonyl (C=O) groups excluding carboxylic acids is 1. The molecule has 0 aliphatic heterocycles. The first kappa shape index (κ1) is 21.9. The first-order valence-electron chi connectivity index (χ1n) is 8.17. The third-order valence-electron chi connectivity index (χ3n) is 3.22. The third kappa shape index (κ3) is 6.64. The smallest absolute Gasteiger partial charge is 0.407 e. The number of nitrogen functional groups attached to an aromatic ring is 1. The lowest BCUT2D eigenvalue weighted by atomic mass is 10.2. The number of alkyl carbamates (subject to hydrolysis) is 1. The number of nitrogens with two attached hydrogens (primary N) is 1. The summed E-state index contributed by atoms with van der Waals surface area (Å²) in [5, 5.41) is 2.73. The molecule has 0 bridgehead atoms. The lowest BCUT2D eigenvalue weighted by Crippen LogP contribution is -2.37. The fourth-order valence-electron chi connectivity index (χ4n) is 1.94. The number of anilines is 1. The molecule has 0 spiro atoms. The molecule has 146 valence electrons. The van der Waals surface area contributed by atoms with Crippen molar-refractivity contribution in [3.05, 3.63) is 23.9 Å². The van der Waals surface area contributed by atoms with E-state index < -0.39 is 21.7 Å². The van der Waals surface area contributed by atoms with E-state index in [2.05, 4.69) is 10.3 Å². The number of amides is 1. The molecule has 0 aliphatic rings. The summed E-state index contributed by atoms with van der Waals surface area (Å²) in [6.07, 6.45) is 5.11. The largest absolute Gasteiger partial charge is 0.444 e. The van der Waals surface area contributed by atoms with Crippen molar-refractivity contribution in [3.8, 4) is 0 Å². The van der Waals surface area contributed by atoms with Crippen LogP contribution in [0.2, 0.25) is 0 Å². The van der Waals surface area contributed by atoms with Crippen LogP contribution in [0.3, 0.4) is 0 Å². The minimum atomic E-state index is -3.67. The predicted molar refractivity (Wildman–Crippen MR) is 102 cm³/mol. The highest BCUT2D eigenvalue weighted by molar-refractivity contribution is 7.89. The van der Waals surface area contributed by atoms with Crippen LogP contribution in [0.1, 0.15) is 39.7 Å². The Hall–Kier alpha value is -2.13. The molecule has 1 heterocycles. The van der Waals surface area contributed by atoms with Crippen molar-refractivity contribution >= 4 is 28.0 Å². The molecule has 0 aliphatic carbocycles. The maximum absolute atomic E-state index is 12.2. The van der Waals surface area contributed by atoms with Gasteiger partial charge in [-0.3, -0.25) is 0 Å². The predicted octanol–water partition coefficient (Wildman–Crippen LogP) is 2.23. The second kappa shape index (κ2) is 8.50. The Morgan fingerprint density at radius 2 is 2.04 bits per heavy atom. The molecular weight excluding hydrogens is 356 g/mol. The topological polar surface area (TPSA) is 115 Å². The number of hydrogen-bond donors (Lipinski definition) is 2. The van der Waals surface area contributed by atoms with Gasteiger partial charge in [0.1, 0.15) is 16.3 Å². The first-order valence-corrected chi connectivity index (χ1v) is 9.61. The van der Waals surface area contributed by atoms with Crippen molar-refractivity contribution in [1.82, 2.24) is 14.6 Å². The molecule has 1 rings (SSSR count). The molecule has 0 saturated carbocycles. The molecular formula is C17H28N4O4S. The van der Waals surface area contributed by atoms with Gasteiger partial charge < -0.3 is 15.8 Å². The van der Waals surface area contributed by atoms with Crippen LogP contribution in [0.4, 0.5) is 10.6 Å². The van der Waals surface area contributed by atoms with Crippen LogP contribution in [-0.2, 0) is 14.8 Å². The molecule has 0 unspecified atom stereocenters. The number of hydrogen-bond acceptors (Lipinski definition) is 6. The Morgan fingerprint density at radius 3 is 2.58 bits per heavy atom. The zero-order chi connectivity index (χ0) is 20.1. The number of aromatic nitrogens is 1. The van der Waals surface area contributed by atoms with Gasteiger partial charge in [0.15, 0.2) is 0 Å². The maximum atomic E-state index is 12.2. The molecule has 1 atom stereocenters. The molecule has 26 heavy (non-hydrogen) atoms. The summed E-state index contributed by atoms with van der Waals surface area (Å²) >= 11 is 0. The molecule has 1 aromatic rings. The van der Waals surface area contributed by atoms with Gasteiger partial charge in [-0.05, 0) is 45.7 Å². The second-order valence-corrected chi connectivity index (χ2v) is 9.25.